The highest BCUT2D eigenvalue weighted by Crippen LogP contribution is 2.39. The van der Waals surface area contributed by atoms with Crippen LogP contribution in [0.25, 0.3) is 0 Å². The lowest BCUT2D eigenvalue weighted by Crippen LogP contribution is -2.12. The fourth-order valence-electron chi connectivity index (χ4n) is 2.53. The molecule has 1 aromatic heterocycles. The Kier molecular flexibility index (Phi) is 5.55. The maximum absolute atomic E-state index is 12.4. The van der Waals surface area contributed by atoms with Crippen molar-refractivity contribution in [3.05, 3.63) is 59.8 Å². The molecule has 0 saturated heterocycles. The van der Waals surface area contributed by atoms with Crippen molar-refractivity contribution in [1.29, 1.82) is 0 Å². The lowest BCUT2D eigenvalue weighted by Gasteiger charge is -2.14. The molecule has 0 aliphatic rings. The van der Waals surface area contributed by atoms with E-state index in [0.29, 0.717) is 35.2 Å². The minimum Gasteiger partial charge on any atom is -0.493 e. The first-order valence-corrected chi connectivity index (χ1v) is 8.12. The van der Waals surface area contributed by atoms with E-state index in [0.717, 1.165) is 5.56 Å². The van der Waals surface area contributed by atoms with Gasteiger partial charge in [0.25, 0.3) is 0 Å². The predicted molar refractivity (Wildman–Crippen MR) is 97.6 cm³/mol. The van der Waals surface area contributed by atoms with E-state index in [1.54, 1.807) is 12.1 Å². The van der Waals surface area contributed by atoms with Crippen LogP contribution in [-0.2, 0) is 6.42 Å². The molecule has 0 saturated carbocycles. The Bertz CT molecular complexity index is 899. The van der Waals surface area contributed by atoms with E-state index in [4.69, 9.17) is 18.6 Å². The number of hydrogen-bond acceptors (Lipinski definition) is 7. The fourth-order valence-corrected chi connectivity index (χ4v) is 2.53. The van der Waals surface area contributed by atoms with E-state index in [2.05, 4.69) is 15.5 Å². The lowest BCUT2D eigenvalue weighted by atomic mass is 10.2. The second-order valence-electron chi connectivity index (χ2n) is 5.53. The smallest absolute Gasteiger partial charge is 0.313 e. The van der Waals surface area contributed by atoms with Gasteiger partial charge in [-0.1, -0.05) is 30.3 Å². The molecule has 1 heterocycles. The van der Waals surface area contributed by atoms with Crippen LogP contribution in [0.3, 0.4) is 0 Å². The summed E-state index contributed by atoms with van der Waals surface area (Å²) in [4.78, 5) is 12.4. The van der Waals surface area contributed by atoms with Gasteiger partial charge in [-0.05, 0) is 5.56 Å². The van der Waals surface area contributed by atoms with Gasteiger partial charge in [-0.15, -0.1) is 10.2 Å². The Morgan fingerprint density at radius 1 is 1.00 bits per heavy atom. The molecular weight excluding hydrogens is 350 g/mol. The van der Waals surface area contributed by atoms with Crippen molar-refractivity contribution in [3.8, 4) is 17.2 Å². The van der Waals surface area contributed by atoms with Crippen molar-refractivity contribution in [3.63, 3.8) is 0 Å². The number of anilines is 1. The van der Waals surface area contributed by atoms with Crippen molar-refractivity contribution < 1.29 is 23.4 Å². The summed E-state index contributed by atoms with van der Waals surface area (Å²) >= 11 is 0. The van der Waals surface area contributed by atoms with Crippen LogP contribution in [0, 0.1) is 0 Å². The molecule has 0 aliphatic heterocycles. The van der Waals surface area contributed by atoms with Crippen molar-refractivity contribution >= 4 is 11.6 Å². The van der Waals surface area contributed by atoms with Gasteiger partial charge in [0.15, 0.2) is 11.5 Å². The van der Waals surface area contributed by atoms with Crippen molar-refractivity contribution in [2.45, 2.75) is 6.42 Å². The Hall–Kier alpha value is -3.55. The standard InChI is InChI=1S/C19H19N3O5/c1-24-14-10-13(11-15(25-2)17(14)26-3)20-18(23)19-22-21-16(27-19)9-12-7-5-4-6-8-12/h4-8,10-11H,9H2,1-3H3,(H,20,23). The Morgan fingerprint density at radius 2 is 1.67 bits per heavy atom. The van der Waals surface area contributed by atoms with Crippen LogP contribution in [0.2, 0.25) is 0 Å². The van der Waals surface area contributed by atoms with E-state index in [-0.39, 0.29) is 5.89 Å². The van der Waals surface area contributed by atoms with Gasteiger partial charge in [0.2, 0.25) is 11.6 Å². The highest BCUT2D eigenvalue weighted by molar-refractivity contribution is 6.01. The van der Waals surface area contributed by atoms with Gasteiger partial charge in [0.1, 0.15) is 0 Å². The van der Waals surface area contributed by atoms with Crippen LogP contribution in [0.5, 0.6) is 17.2 Å². The summed E-state index contributed by atoms with van der Waals surface area (Å²) in [6.45, 7) is 0. The molecule has 0 unspecified atom stereocenters. The Balaban J connectivity index is 1.76. The number of nitrogens with zero attached hydrogens (tertiary/aromatic N) is 2. The summed E-state index contributed by atoms with van der Waals surface area (Å²) in [5, 5.41) is 10.4. The second-order valence-corrected chi connectivity index (χ2v) is 5.53. The van der Waals surface area contributed by atoms with Crippen LogP contribution in [0.1, 0.15) is 22.1 Å². The normalized spacial score (nSPS) is 10.3. The zero-order chi connectivity index (χ0) is 19.2. The number of nitrogens with one attached hydrogen (secondary N) is 1. The molecule has 140 valence electrons. The van der Waals surface area contributed by atoms with Crippen LogP contribution in [0.4, 0.5) is 5.69 Å². The molecule has 8 nitrogen and oxygen atoms in total. The monoisotopic (exact) mass is 369 g/mol. The molecule has 1 N–H and O–H groups in total. The maximum atomic E-state index is 12.4. The third kappa shape index (κ3) is 4.17. The maximum Gasteiger partial charge on any atom is 0.313 e. The molecule has 2 aromatic carbocycles. The summed E-state index contributed by atoms with van der Waals surface area (Å²) in [7, 11) is 4.50. The summed E-state index contributed by atoms with van der Waals surface area (Å²) in [5.74, 6) is 0.966. The van der Waals surface area contributed by atoms with Gasteiger partial charge in [-0.3, -0.25) is 4.79 Å². The van der Waals surface area contributed by atoms with E-state index >= 15 is 0 Å². The number of benzene rings is 2. The van der Waals surface area contributed by atoms with Gasteiger partial charge < -0.3 is 23.9 Å². The van der Waals surface area contributed by atoms with E-state index in [9.17, 15) is 4.79 Å². The summed E-state index contributed by atoms with van der Waals surface area (Å²) in [6, 6.07) is 12.9. The molecule has 0 atom stereocenters. The molecule has 0 spiro atoms. The topological polar surface area (TPSA) is 95.7 Å². The number of carbonyl (C=O) groups excluding carboxylic acids is 1. The minimum absolute atomic E-state index is 0.130. The highest BCUT2D eigenvalue weighted by Gasteiger charge is 2.18. The summed E-state index contributed by atoms with van der Waals surface area (Å²) in [5.41, 5.74) is 1.45. The molecule has 8 heteroatoms. The molecule has 3 rings (SSSR count). The number of hydrogen-bond donors (Lipinski definition) is 1. The Labute approximate surface area is 156 Å². The minimum atomic E-state index is -0.531. The SMILES string of the molecule is COc1cc(NC(=O)c2nnc(Cc3ccccc3)o2)cc(OC)c1OC. The lowest BCUT2D eigenvalue weighted by molar-refractivity contribution is 0.0988. The molecule has 0 radical (unpaired) electrons. The first kappa shape index (κ1) is 18.2. The number of rotatable bonds is 7. The molecule has 0 fully saturated rings. The molecule has 27 heavy (non-hydrogen) atoms. The van der Waals surface area contributed by atoms with Crippen molar-refractivity contribution in [2.75, 3.05) is 26.6 Å². The number of methoxy groups -OCH3 is 3. The van der Waals surface area contributed by atoms with E-state index in [1.165, 1.54) is 21.3 Å². The Morgan fingerprint density at radius 3 is 2.26 bits per heavy atom. The fraction of sp³-hybridized carbons (Fsp3) is 0.211. The second kappa shape index (κ2) is 8.22. The van der Waals surface area contributed by atoms with Crippen LogP contribution in [-0.4, -0.2) is 37.4 Å². The quantitative estimate of drug-likeness (QED) is 0.684. The van der Waals surface area contributed by atoms with Gasteiger partial charge in [0.05, 0.1) is 27.8 Å². The van der Waals surface area contributed by atoms with E-state index < -0.39 is 5.91 Å². The molecule has 0 aliphatic carbocycles. The average Bonchev–Trinajstić information content (AvgIpc) is 3.16. The average molecular weight is 369 g/mol. The van der Waals surface area contributed by atoms with Crippen LogP contribution < -0.4 is 19.5 Å². The summed E-state index contributed by atoms with van der Waals surface area (Å²) < 4.78 is 21.3. The van der Waals surface area contributed by atoms with Gasteiger partial charge >= 0.3 is 11.8 Å². The number of aromatic nitrogens is 2. The molecular formula is C19H19N3O5. The van der Waals surface area contributed by atoms with Crippen molar-refractivity contribution in [2.24, 2.45) is 0 Å². The molecule has 1 amide bonds. The third-order valence-electron chi connectivity index (χ3n) is 3.78. The van der Waals surface area contributed by atoms with Gasteiger partial charge in [0, 0.05) is 17.8 Å². The number of amides is 1. The van der Waals surface area contributed by atoms with Gasteiger partial charge in [-0.25, -0.2) is 0 Å². The third-order valence-corrected chi connectivity index (χ3v) is 3.78. The van der Waals surface area contributed by atoms with Crippen LogP contribution >= 0.6 is 0 Å². The van der Waals surface area contributed by atoms with Crippen LogP contribution in [0.15, 0.2) is 46.9 Å². The van der Waals surface area contributed by atoms with Gasteiger partial charge in [-0.2, -0.15) is 0 Å². The molecule has 0 bridgehead atoms. The largest absolute Gasteiger partial charge is 0.493 e. The highest BCUT2D eigenvalue weighted by atomic mass is 16.5. The predicted octanol–water partition coefficient (Wildman–Crippen LogP) is 2.94. The molecule has 3 aromatic rings. The zero-order valence-corrected chi connectivity index (χ0v) is 15.2. The first-order chi connectivity index (χ1) is 13.1. The van der Waals surface area contributed by atoms with E-state index in [1.807, 2.05) is 30.3 Å². The zero-order valence-electron chi connectivity index (χ0n) is 15.2. The number of carbonyl (C=O) groups is 1. The first-order valence-electron chi connectivity index (χ1n) is 8.12. The van der Waals surface area contributed by atoms with Crippen molar-refractivity contribution in [1.82, 2.24) is 10.2 Å². The summed E-state index contributed by atoms with van der Waals surface area (Å²) in [6.07, 6.45) is 0.450. The number of ether oxygens (including phenoxy) is 3.